The van der Waals surface area contributed by atoms with Crippen molar-refractivity contribution >= 4 is 21.8 Å². The molecule has 0 bridgehead atoms. The Morgan fingerprint density at radius 1 is 1.00 bits per heavy atom. The highest BCUT2D eigenvalue weighted by atomic mass is 32.2. The number of rotatable bonds is 10. The normalized spacial score (nSPS) is 11.0. The molecule has 0 saturated heterocycles. The Labute approximate surface area is 136 Å². The molecule has 0 aliphatic heterocycles. The zero-order chi connectivity index (χ0) is 17.1. The Kier molecular flexibility index (Phi) is 8.10. The van der Waals surface area contributed by atoms with Crippen LogP contribution in [0.15, 0.2) is 30.3 Å². The number of hydrogen-bond acceptors (Lipinski definition) is 4. The summed E-state index contributed by atoms with van der Waals surface area (Å²) in [7, 11) is -3.23. The number of urea groups is 1. The Hall–Kier alpha value is -2.09. The predicted molar refractivity (Wildman–Crippen MR) is 87.1 cm³/mol. The van der Waals surface area contributed by atoms with Gasteiger partial charge >= 0.3 is 12.0 Å². The van der Waals surface area contributed by atoms with Crippen LogP contribution >= 0.6 is 0 Å². The summed E-state index contributed by atoms with van der Waals surface area (Å²) in [4.78, 5) is 21.7. The summed E-state index contributed by atoms with van der Waals surface area (Å²) >= 11 is 0. The van der Waals surface area contributed by atoms with Gasteiger partial charge in [0.1, 0.15) is 0 Å². The second kappa shape index (κ2) is 9.83. The van der Waals surface area contributed by atoms with Crippen molar-refractivity contribution in [3.8, 4) is 0 Å². The highest BCUT2D eigenvalue weighted by molar-refractivity contribution is 7.91. The fourth-order valence-corrected chi connectivity index (χ4v) is 3.01. The SMILES string of the molecule is O=C(O)CCCNC(=O)NCCS(=O)(=O)CCc1ccccc1. The van der Waals surface area contributed by atoms with E-state index in [2.05, 4.69) is 10.6 Å². The number of carbonyl (C=O) groups is 2. The van der Waals surface area contributed by atoms with Crippen LogP contribution in [0.5, 0.6) is 0 Å². The average Bonchev–Trinajstić information content (AvgIpc) is 2.50. The fraction of sp³-hybridized carbons (Fsp3) is 0.467. The average molecular weight is 342 g/mol. The molecule has 7 nitrogen and oxygen atoms in total. The molecule has 3 N–H and O–H groups in total. The Morgan fingerprint density at radius 2 is 1.65 bits per heavy atom. The largest absolute Gasteiger partial charge is 0.481 e. The maximum atomic E-state index is 11.9. The van der Waals surface area contributed by atoms with E-state index >= 15 is 0 Å². The van der Waals surface area contributed by atoms with Crippen molar-refractivity contribution in [2.45, 2.75) is 19.3 Å². The van der Waals surface area contributed by atoms with E-state index in [1.165, 1.54) is 0 Å². The maximum absolute atomic E-state index is 11.9. The number of carbonyl (C=O) groups excluding carboxylic acids is 1. The van der Waals surface area contributed by atoms with E-state index < -0.39 is 21.8 Å². The van der Waals surface area contributed by atoms with Crippen LogP contribution in [-0.4, -0.2) is 50.1 Å². The minimum absolute atomic E-state index is 0.0197. The molecule has 0 atom stereocenters. The zero-order valence-corrected chi connectivity index (χ0v) is 13.6. The predicted octanol–water partition coefficient (Wildman–Crippen LogP) is 0.808. The number of amides is 2. The standard InChI is InChI=1S/C15H22N2O5S/c18-14(19)7-4-9-16-15(20)17-10-12-23(21,22)11-8-13-5-2-1-3-6-13/h1-3,5-6H,4,7-12H2,(H,18,19)(H2,16,17,20). The van der Waals surface area contributed by atoms with Crippen molar-refractivity contribution in [3.05, 3.63) is 35.9 Å². The zero-order valence-electron chi connectivity index (χ0n) is 12.8. The third kappa shape index (κ3) is 9.51. The van der Waals surface area contributed by atoms with E-state index in [9.17, 15) is 18.0 Å². The molecule has 8 heteroatoms. The van der Waals surface area contributed by atoms with Gasteiger partial charge < -0.3 is 15.7 Å². The number of aryl methyl sites for hydroxylation is 1. The summed E-state index contributed by atoms with van der Waals surface area (Å²) in [5, 5.41) is 13.4. The lowest BCUT2D eigenvalue weighted by atomic mass is 10.2. The minimum atomic E-state index is -3.23. The molecule has 1 rings (SSSR count). The van der Waals surface area contributed by atoms with Crippen LogP contribution in [0.3, 0.4) is 0 Å². The lowest BCUT2D eigenvalue weighted by Gasteiger charge is -2.08. The molecule has 0 saturated carbocycles. The van der Waals surface area contributed by atoms with Crippen molar-refractivity contribution in [1.82, 2.24) is 10.6 Å². The molecule has 0 heterocycles. The van der Waals surface area contributed by atoms with Crippen molar-refractivity contribution in [2.75, 3.05) is 24.6 Å². The van der Waals surface area contributed by atoms with Gasteiger partial charge in [-0.05, 0) is 18.4 Å². The van der Waals surface area contributed by atoms with Gasteiger partial charge in [-0.2, -0.15) is 0 Å². The highest BCUT2D eigenvalue weighted by Gasteiger charge is 2.11. The molecular formula is C15H22N2O5S. The highest BCUT2D eigenvalue weighted by Crippen LogP contribution is 2.02. The number of carboxylic acids is 1. The number of aliphatic carboxylic acids is 1. The van der Waals surface area contributed by atoms with Gasteiger partial charge in [0.25, 0.3) is 0 Å². The van der Waals surface area contributed by atoms with E-state index in [4.69, 9.17) is 5.11 Å². The van der Waals surface area contributed by atoms with Gasteiger partial charge in [0.2, 0.25) is 0 Å². The molecule has 2 amide bonds. The van der Waals surface area contributed by atoms with Crippen LogP contribution in [-0.2, 0) is 21.1 Å². The molecule has 0 aliphatic carbocycles. The third-order valence-electron chi connectivity index (χ3n) is 3.10. The molecule has 0 aliphatic rings. The summed E-state index contributed by atoms with van der Waals surface area (Å²) in [5.41, 5.74) is 0.959. The lowest BCUT2D eigenvalue weighted by Crippen LogP contribution is -2.38. The molecule has 0 radical (unpaired) electrons. The molecule has 0 unspecified atom stereocenters. The van der Waals surface area contributed by atoms with E-state index in [0.29, 0.717) is 12.8 Å². The van der Waals surface area contributed by atoms with Crippen molar-refractivity contribution in [1.29, 1.82) is 0 Å². The molecule has 1 aromatic carbocycles. The number of benzene rings is 1. The van der Waals surface area contributed by atoms with Gasteiger partial charge in [-0.25, -0.2) is 13.2 Å². The summed E-state index contributed by atoms with van der Waals surface area (Å²) in [6, 6.07) is 8.85. The van der Waals surface area contributed by atoms with Gasteiger partial charge in [0.05, 0.1) is 11.5 Å². The van der Waals surface area contributed by atoms with Crippen LogP contribution in [0.1, 0.15) is 18.4 Å². The Balaban J connectivity index is 2.18. The van der Waals surface area contributed by atoms with E-state index in [0.717, 1.165) is 5.56 Å². The van der Waals surface area contributed by atoms with E-state index in [-0.39, 0.29) is 31.0 Å². The molecule has 128 valence electrons. The summed E-state index contributed by atoms with van der Waals surface area (Å²) in [5.74, 6) is -1.00. The summed E-state index contributed by atoms with van der Waals surface area (Å²) < 4.78 is 23.8. The number of hydrogen-bond donors (Lipinski definition) is 3. The molecule has 0 fully saturated rings. The van der Waals surface area contributed by atoms with Crippen molar-refractivity contribution < 1.29 is 23.1 Å². The first-order valence-electron chi connectivity index (χ1n) is 7.37. The van der Waals surface area contributed by atoms with Crippen LogP contribution < -0.4 is 10.6 Å². The topological polar surface area (TPSA) is 113 Å². The van der Waals surface area contributed by atoms with Gasteiger partial charge in [-0.3, -0.25) is 4.79 Å². The van der Waals surface area contributed by atoms with E-state index in [1.54, 1.807) is 0 Å². The van der Waals surface area contributed by atoms with Crippen LogP contribution in [0.25, 0.3) is 0 Å². The van der Waals surface area contributed by atoms with Crippen LogP contribution in [0.4, 0.5) is 4.79 Å². The second-order valence-corrected chi connectivity index (χ2v) is 7.37. The maximum Gasteiger partial charge on any atom is 0.314 e. The smallest absolute Gasteiger partial charge is 0.314 e. The summed E-state index contributed by atoms with van der Waals surface area (Å²) in [6.45, 7) is 0.265. The molecule has 0 spiro atoms. The Morgan fingerprint density at radius 3 is 2.30 bits per heavy atom. The van der Waals surface area contributed by atoms with Crippen LogP contribution in [0, 0.1) is 0 Å². The molecular weight excluding hydrogens is 320 g/mol. The number of nitrogens with one attached hydrogen (secondary N) is 2. The van der Waals surface area contributed by atoms with Crippen molar-refractivity contribution in [2.24, 2.45) is 0 Å². The fourth-order valence-electron chi connectivity index (χ4n) is 1.84. The monoisotopic (exact) mass is 342 g/mol. The van der Waals surface area contributed by atoms with Gasteiger partial charge in [-0.15, -0.1) is 0 Å². The quantitative estimate of drug-likeness (QED) is 0.545. The minimum Gasteiger partial charge on any atom is -0.481 e. The van der Waals surface area contributed by atoms with E-state index in [1.807, 2.05) is 30.3 Å². The summed E-state index contributed by atoms with van der Waals surface area (Å²) in [6.07, 6.45) is 0.761. The first kappa shape index (κ1) is 19.0. The first-order chi connectivity index (χ1) is 10.9. The molecule has 1 aromatic rings. The molecule has 23 heavy (non-hydrogen) atoms. The second-order valence-electron chi connectivity index (χ2n) is 5.07. The lowest BCUT2D eigenvalue weighted by molar-refractivity contribution is -0.137. The first-order valence-corrected chi connectivity index (χ1v) is 9.19. The molecule has 0 aromatic heterocycles. The van der Waals surface area contributed by atoms with Gasteiger partial charge in [0, 0.05) is 19.5 Å². The Bertz CT molecular complexity index is 602. The number of sulfone groups is 1. The number of carboxylic acid groups (broad SMARTS) is 1. The van der Waals surface area contributed by atoms with Crippen LogP contribution in [0.2, 0.25) is 0 Å². The van der Waals surface area contributed by atoms with Gasteiger partial charge in [0.15, 0.2) is 9.84 Å². The van der Waals surface area contributed by atoms with Gasteiger partial charge in [-0.1, -0.05) is 30.3 Å². The third-order valence-corrected chi connectivity index (χ3v) is 4.75. The van der Waals surface area contributed by atoms with Crippen molar-refractivity contribution in [3.63, 3.8) is 0 Å².